The molecule has 1 aromatic heterocycles. The molecule has 0 saturated carbocycles. The molecule has 6 nitrogen and oxygen atoms in total. The van der Waals surface area contributed by atoms with Crippen LogP contribution in [0.4, 0.5) is 17.2 Å². The zero-order valence-electron chi connectivity index (χ0n) is 16.7. The normalized spacial score (nSPS) is 10.4. The summed E-state index contributed by atoms with van der Waals surface area (Å²) in [7, 11) is 3.95. The number of rotatable bonds is 6. The summed E-state index contributed by atoms with van der Waals surface area (Å²) in [6.45, 7) is 4.49. The van der Waals surface area contributed by atoms with Crippen LogP contribution in [0.1, 0.15) is 27.4 Å². The van der Waals surface area contributed by atoms with Crippen molar-refractivity contribution in [1.29, 1.82) is 0 Å². The van der Waals surface area contributed by atoms with Crippen LogP contribution >= 0.6 is 0 Å². The number of aryl methyl sites for hydroxylation is 2. The Morgan fingerprint density at radius 3 is 2.39 bits per heavy atom. The Labute approximate surface area is 165 Å². The molecule has 0 bridgehead atoms. The molecular weight excluding hydrogens is 350 g/mol. The Bertz CT molecular complexity index is 967. The summed E-state index contributed by atoms with van der Waals surface area (Å²) in [5.41, 5.74) is 4.52. The van der Waals surface area contributed by atoms with Crippen molar-refractivity contribution >= 4 is 23.1 Å². The van der Waals surface area contributed by atoms with Gasteiger partial charge in [0.1, 0.15) is 17.3 Å². The highest BCUT2D eigenvalue weighted by molar-refractivity contribution is 6.03. The molecular formula is C22H25N5O. The third kappa shape index (κ3) is 4.85. The van der Waals surface area contributed by atoms with Crippen LogP contribution in [0.25, 0.3) is 0 Å². The molecule has 1 amide bonds. The van der Waals surface area contributed by atoms with Crippen LogP contribution in [0.2, 0.25) is 0 Å². The predicted molar refractivity (Wildman–Crippen MR) is 114 cm³/mol. The second kappa shape index (κ2) is 8.52. The number of carbonyl (C=O) groups is 1. The molecule has 3 aromatic rings. The Balaban J connectivity index is 1.71. The number of hydrogen-bond acceptors (Lipinski definition) is 5. The van der Waals surface area contributed by atoms with Crippen LogP contribution in [0.15, 0.2) is 54.6 Å². The number of amides is 1. The Morgan fingerprint density at radius 2 is 1.71 bits per heavy atom. The van der Waals surface area contributed by atoms with E-state index in [2.05, 4.69) is 39.7 Å². The largest absolute Gasteiger partial charge is 0.378 e. The molecule has 0 aliphatic heterocycles. The molecule has 0 saturated heterocycles. The van der Waals surface area contributed by atoms with Gasteiger partial charge in [-0.2, -0.15) is 0 Å². The van der Waals surface area contributed by atoms with Crippen molar-refractivity contribution in [3.63, 3.8) is 0 Å². The highest BCUT2D eigenvalue weighted by Crippen LogP contribution is 2.17. The number of anilines is 3. The molecule has 2 aromatic carbocycles. The molecule has 6 heteroatoms. The minimum absolute atomic E-state index is 0.262. The smallest absolute Gasteiger partial charge is 0.274 e. The average molecular weight is 375 g/mol. The Kier molecular flexibility index (Phi) is 5.89. The van der Waals surface area contributed by atoms with Gasteiger partial charge in [0.25, 0.3) is 5.91 Å². The molecule has 144 valence electrons. The van der Waals surface area contributed by atoms with E-state index in [-0.39, 0.29) is 5.91 Å². The third-order valence-electron chi connectivity index (χ3n) is 4.43. The van der Waals surface area contributed by atoms with Crippen LogP contribution < -0.4 is 15.5 Å². The zero-order chi connectivity index (χ0) is 20.1. The fourth-order valence-corrected chi connectivity index (χ4v) is 2.81. The zero-order valence-corrected chi connectivity index (χ0v) is 16.7. The van der Waals surface area contributed by atoms with Gasteiger partial charge in [-0.1, -0.05) is 24.3 Å². The van der Waals surface area contributed by atoms with Gasteiger partial charge in [-0.15, -0.1) is 0 Å². The lowest BCUT2D eigenvalue weighted by molar-refractivity contribution is 0.102. The van der Waals surface area contributed by atoms with Crippen LogP contribution in [-0.2, 0) is 6.54 Å². The molecule has 28 heavy (non-hydrogen) atoms. The van der Waals surface area contributed by atoms with Crippen LogP contribution in [-0.4, -0.2) is 30.0 Å². The van der Waals surface area contributed by atoms with Gasteiger partial charge in [0.05, 0.1) is 0 Å². The fraction of sp³-hybridized carbons (Fsp3) is 0.227. The van der Waals surface area contributed by atoms with Gasteiger partial charge in [0, 0.05) is 38.1 Å². The van der Waals surface area contributed by atoms with Crippen molar-refractivity contribution in [1.82, 2.24) is 9.97 Å². The van der Waals surface area contributed by atoms with E-state index >= 15 is 0 Å². The SMILES string of the molecule is Cc1nc(NCc2ccccc2C)cc(C(=O)Nc2ccc(N(C)C)cc2)n1. The van der Waals surface area contributed by atoms with Crippen LogP contribution in [0.3, 0.4) is 0 Å². The lowest BCUT2D eigenvalue weighted by Gasteiger charge is -2.13. The molecule has 0 unspecified atom stereocenters. The van der Waals surface area contributed by atoms with E-state index < -0.39 is 0 Å². The molecule has 0 aliphatic rings. The standard InChI is InChI=1S/C22H25N5O/c1-15-7-5-6-8-17(15)14-23-21-13-20(24-16(2)25-21)22(28)26-18-9-11-19(12-10-18)27(3)4/h5-13H,14H2,1-4H3,(H,26,28)(H,23,24,25). The minimum Gasteiger partial charge on any atom is -0.378 e. The summed E-state index contributed by atoms with van der Waals surface area (Å²) in [6.07, 6.45) is 0. The molecule has 0 fully saturated rings. The summed E-state index contributed by atoms with van der Waals surface area (Å²) >= 11 is 0. The predicted octanol–water partition coefficient (Wildman–Crippen LogP) is 4.02. The maximum Gasteiger partial charge on any atom is 0.274 e. The first-order valence-corrected chi connectivity index (χ1v) is 9.15. The Hall–Kier alpha value is -3.41. The number of hydrogen-bond donors (Lipinski definition) is 2. The first kappa shape index (κ1) is 19.4. The lowest BCUT2D eigenvalue weighted by Crippen LogP contribution is -2.16. The first-order chi connectivity index (χ1) is 13.4. The molecule has 0 spiro atoms. The van der Waals surface area contributed by atoms with Crippen molar-refractivity contribution in [2.45, 2.75) is 20.4 Å². The highest BCUT2D eigenvalue weighted by Gasteiger charge is 2.11. The van der Waals surface area contributed by atoms with E-state index in [9.17, 15) is 4.79 Å². The van der Waals surface area contributed by atoms with Gasteiger partial charge in [-0.05, 0) is 49.2 Å². The second-order valence-corrected chi connectivity index (χ2v) is 6.86. The van der Waals surface area contributed by atoms with Crippen molar-refractivity contribution < 1.29 is 4.79 Å². The van der Waals surface area contributed by atoms with E-state index in [1.807, 2.05) is 55.4 Å². The van der Waals surface area contributed by atoms with Crippen LogP contribution in [0.5, 0.6) is 0 Å². The maximum absolute atomic E-state index is 12.6. The van der Waals surface area contributed by atoms with Crippen LogP contribution in [0, 0.1) is 13.8 Å². The summed E-state index contributed by atoms with van der Waals surface area (Å²) in [4.78, 5) is 23.3. The topological polar surface area (TPSA) is 70.2 Å². The van der Waals surface area contributed by atoms with Gasteiger partial charge in [0.2, 0.25) is 0 Å². The molecule has 0 aliphatic carbocycles. The molecule has 2 N–H and O–H groups in total. The summed E-state index contributed by atoms with van der Waals surface area (Å²) in [5.74, 6) is 0.911. The molecule has 1 heterocycles. The maximum atomic E-state index is 12.6. The highest BCUT2D eigenvalue weighted by atomic mass is 16.1. The number of nitrogens with zero attached hydrogens (tertiary/aromatic N) is 3. The van der Waals surface area contributed by atoms with E-state index in [1.54, 1.807) is 13.0 Å². The number of carbonyl (C=O) groups excluding carboxylic acids is 1. The summed E-state index contributed by atoms with van der Waals surface area (Å²) < 4.78 is 0. The number of nitrogens with one attached hydrogen (secondary N) is 2. The minimum atomic E-state index is -0.262. The van der Waals surface area contributed by atoms with Gasteiger partial charge in [0.15, 0.2) is 0 Å². The Morgan fingerprint density at radius 1 is 1.00 bits per heavy atom. The van der Waals surface area contributed by atoms with Gasteiger partial charge in [-0.3, -0.25) is 4.79 Å². The second-order valence-electron chi connectivity index (χ2n) is 6.86. The third-order valence-corrected chi connectivity index (χ3v) is 4.43. The van der Waals surface area contributed by atoms with Crippen molar-refractivity contribution in [3.8, 4) is 0 Å². The quantitative estimate of drug-likeness (QED) is 0.681. The average Bonchev–Trinajstić information content (AvgIpc) is 2.67. The van der Waals surface area contributed by atoms with E-state index in [0.29, 0.717) is 23.9 Å². The fourth-order valence-electron chi connectivity index (χ4n) is 2.81. The molecule has 0 radical (unpaired) electrons. The van der Waals surface area contributed by atoms with E-state index in [4.69, 9.17) is 0 Å². The van der Waals surface area contributed by atoms with Gasteiger partial charge < -0.3 is 15.5 Å². The monoisotopic (exact) mass is 375 g/mol. The van der Waals surface area contributed by atoms with Gasteiger partial charge in [-0.25, -0.2) is 9.97 Å². The van der Waals surface area contributed by atoms with Crippen molar-refractivity contribution in [3.05, 3.63) is 77.2 Å². The van der Waals surface area contributed by atoms with E-state index in [0.717, 1.165) is 11.4 Å². The van der Waals surface area contributed by atoms with Crippen molar-refractivity contribution in [2.75, 3.05) is 29.6 Å². The van der Waals surface area contributed by atoms with E-state index in [1.165, 1.54) is 11.1 Å². The number of aromatic nitrogens is 2. The van der Waals surface area contributed by atoms with Crippen molar-refractivity contribution in [2.24, 2.45) is 0 Å². The molecule has 3 rings (SSSR count). The molecule has 0 atom stereocenters. The van der Waals surface area contributed by atoms with Gasteiger partial charge >= 0.3 is 0 Å². The lowest BCUT2D eigenvalue weighted by atomic mass is 10.1. The summed E-state index contributed by atoms with van der Waals surface area (Å²) in [6, 6.07) is 17.5. The number of benzene rings is 2. The summed E-state index contributed by atoms with van der Waals surface area (Å²) in [5, 5.41) is 6.17. The first-order valence-electron chi connectivity index (χ1n) is 9.15.